The molecule has 3 rings (SSSR count). The van der Waals surface area contributed by atoms with Gasteiger partial charge in [-0.15, -0.1) is 0 Å². The van der Waals surface area contributed by atoms with Crippen LogP contribution in [0.1, 0.15) is 72.1 Å². The van der Waals surface area contributed by atoms with Crippen molar-refractivity contribution in [2.45, 2.75) is 96.6 Å². The maximum atomic E-state index is 13.5. The minimum absolute atomic E-state index is 0.000671. The number of rotatable bonds is 6. The van der Waals surface area contributed by atoms with Gasteiger partial charge in [-0.25, -0.2) is 9.82 Å². The van der Waals surface area contributed by atoms with E-state index in [1.165, 1.54) is 0 Å². The molecule has 8 heteroatoms. The van der Waals surface area contributed by atoms with Crippen molar-refractivity contribution in [3.63, 3.8) is 0 Å². The van der Waals surface area contributed by atoms with Gasteiger partial charge in [0, 0.05) is 24.5 Å². The third kappa shape index (κ3) is 6.89. The Balaban J connectivity index is 1.53. The number of hydrogen-bond acceptors (Lipinski definition) is 5. The van der Waals surface area contributed by atoms with Crippen LogP contribution < -0.4 is 26.8 Å². The average Bonchev–Trinajstić information content (AvgIpc) is 3.21. The molecule has 2 saturated heterocycles. The fourth-order valence-corrected chi connectivity index (χ4v) is 4.80. The molecule has 1 aliphatic carbocycles. The first kappa shape index (κ1) is 23.4. The molecule has 7 nitrogen and oxygen atoms in total. The number of hydrogen-bond donors (Lipinski definition) is 5. The van der Waals surface area contributed by atoms with Gasteiger partial charge in [0.05, 0.1) is 6.17 Å². The Labute approximate surface area is 180 Å². The highest BCUT2D eigenvalue weighted by molar-refractivity contribution is 5.98. The van der Waals surface area contributed by atoms with Gasteiger partial charge in [0.1, 0.15) is 6.17 Å². The molecule has 4 unspecified atom stereocenters. The van der Waals surface area contributed by atoms with Crippen LogP contribution in [0, 0.1) is 17.8 Å². The summed E-state index contributed by atoms with van der Waals surface area (Å²) >= 11 is 0. The average molecular weight is 425 g/mol. The van der Waals surface area contributed by atoms with E-state index in [9.17, 15) is 9.18 Å². The number of piperidine rings is 1. The monoisotopic (exact) mass is 424 g/mol. The predicted molar refractivity (Wildman–Crippen MR) is 119 cm³/mol. The first-order chi connectivity index (χ1) is 14.4. The van der Waals surface area contributed by atoms with Crippen LogP contribution in [-0.2, 0) is 4.79 Å². The first-order valence-corrected chi connectivity index (χ1v) is 11.9. The van der Waals surface area contributed by atoms with E-state index < -0.39 is 6.17 Å². The molecule has 0 radical (unpaired) electrons. The van der Waals surface area contributed by atoms with Crippen LogP contribution >= 0.6 is 0 Å². The van der Waals surface area contributed by atoms with Gasteiger partial charge in [0.25, 0.3) is 0 Å². The molecule has 0 aromatic carbocycles. The molecule has 3 fully saturated rings. The standard InChI is InChI=1S/C22H41FN6O/c1-4-18-11-16(9-10-24-18)21(30)27-22(25-13-14(2)3)26-20-12-19(28-29-20)15-5-7-17(23)8-6-15/h14-20,24,28-29H,4-13H2,1-3H3,(H2,25,26,27,30). The lowest BCUT2D eigenvalue weighted by Gasteiger charge is -2.29. The molecular formula is C22H41FN6O. The predicted octanol–water partition coefficient (Wildman–Crippen LogP) is 2.20. The minimum atomic E-state index is -0.628. The summed E-state index contributed by atoms with van der Waals surface area (Å²) in [6, 6.07) is 0.742. The van der Waals surface area contributed by atoms with Crippen molar-refractivity contribution in [1.82, 2.24) is 26.8 Å². The lowest BCUT2D eigenvalue weighted by atomic mass is 9.82. The molecule has 0 aromatic heterocycles. The van der Waals surface area contributed by atoms with E-state index in [1.807, 2.05) is 0 Å². The molecule has 1 saturated carbocycles. The summed E-state index contributed by atoms with van der Waals surface area (Å²) in [5.74, 6) is 1.57. The number of aliphatic imine (C=N–C) groups is 1. The van der Waals surface area contributed by atoms with Crippen molar-refractivity contribution in [3.8, 4) is 0 Å². The molecule has 5 N–H and O–H groups in total. The molecule has 30 heavy (non-hydrogen) atoms. The van der Waals surface area contributed by atoms with Crippen LogP contribution in [0.4, 0.5) is 4.39 Å². The van der Waals surface area contributed by atoms with E-state index in [0.29, 0.717) is 49.3 Å². The molecule has 0 spiro atoms. The second kappa shape index (κ2) is 11.4. The second-order valence-electron chi connectivity index (χ2n) is 9.69. The van der Waals surface area contributed by atoms with Gasteiger partial charge in [-0.1, -0.05) is 20.8 Å². The molecule has 3 aliphatic rings. The number of nitrogens with zero attached hydrogens (tertiary/aromatic N) is 1. The Hall–Kier alpha value is -1.25. The molecule has 0 aromatic rings. The molecule has 0 bridgehead atoms. The van der Waals surface area contributed by atoms with Crippen molar-refractivity contribution >= 4 is 11.9 Å². The maximum Gasteiger partial charge on any atom is 0.229 e. The minimum Gasteiger partial charge on any atom is -0.339 e. The number of carbonyl (C=O) groups is 1. The van der Waals surface area contributed by atoms with Crippen molar-refractivity contribution in [2.24, 2.45) is 22.7 Å². The quantitative estimate of drug-likeness (QED) is 0.333. The highest BCUT2D eigenvalue weighted by atomic mass is 19.1. The Morgan fingerprint density at radius 1 is 1.13 bits per heavy atom. The third-order valence-electron chi connectivity index (χ3n) is 6.73. The molecule has 2 heterocycles. The smallest absolute Gasteiger partial charge is 0.229 e. The number of alkyl halides is 1. The van der Waals surface area contributed by atoms with Crippen LogP contribution in [0.3, 0.4) is 0 Å². The zero-order chi connectivity index (χ0) is 21.5. The van der Waals surface area contributed by atoms with Gasteiger partial charge in [0.15, 0.2) is 5.96 Å². The van der Waals surface area contributed by atoms with Gasteiger partial charge in [0.2, 0.25) is 5.91 Å². The SMILES string of the molecule is CCC1CC(C(=O)NC(=NCC(C)C)NC2CC(C3CCC(F)CC3)NN2)CCN1. The zero-order valence-electron chi connectivity index (χ0n) is 18.8. The maximum absolute atomic E-state index is 13.5. The summed E-state index contributed by atoms with van der Waals surface area (Å²) < 4.78 is 13.5. The topological polar surface area (TPSA) is 89.6 Å². The van der Waals surface area contributed by atoms with Crippen LogP contribution in [0.25, 0.3) is 0 Å². The van der Waals surface area contributed by atoms with Crippen LogP contribution in [-0.4, -0.2) is 49.4 Å². The van der Waals surface area contributed by atoms with Crippen LogP contribution in [0.15, 0.2) is 4.99 Å². The number of amides is 1. The Bertz CT molecular complexity index is 578. The molecule has 1 amide bonds. The Kier molecular flexibility index (Phi) is 8.89. The summed E-state index contributed by atoms with van der Waals surface area (Å²) in [6.07, 6.45) is 6.27. The number of nitrogens with one attached hydrogen (secondary N) is 5. The first-order valence-electron chi connectivity index (χ1n) is 11.9. The fraction of sp³-hybridized carbons (Fsp3) is 0.909. The molecule has 2 aliphatic heterocycles. The van der Waals surface area contributed by atoms with E-state index in [-0.39, 0.29) is 18.0 Å². The summed E-state index contributed by atoms with van der Waals surface area (Å²) in [5, 5.41) is 9.94. The van der Waals surface area contributed by atoms with Crippen molar-refractivity contribution in [3.05, 3.63) is 0 Å². The lowest BCUT2D eigenvalue weighted by Crippen LogP contribution is -2.53. The number of hydrazine groups is 1. The summed E-state index contributed by atoms with van der Waals surface area (Å²) in [7, 11) is 0. The third-order valence-corrected chi connectivity index (χ3v) is 6.73. The van der Waals surface area contributed by atoms with Gasteiger partial charge in [-0.05, 0) is 69.7 Å². The normalized spacial score (nSPS) is 35.4. The van der Waals surface area contributed by atoms with E-state index in [0.717, 1.165) is 45.1 Å². The molecule has 4 atom stereocenters. The Morgan fingerprint density at radius 2 is 1.90 bits per heavy atom. The molecular weight excluding hydrogens is 383 g/mol. The lowest BCUT2D eigenvalue weighted by molar-refractivity contribution is -0.124. The second-order valence-corrected chi connectivity index (χ2v) is 9.69. The van der Waals surface area contributed by atoms with Crippen LogP contribution in [0.5, 0.6) is 0 Å². The number of carbonyl (C=O) groups excluding carboxylic acids is 1. The fourth-order valence-electron chi connectivity index (χ4n) is 4.80. The zero-order valence-corrected chi connectivity index (χ0v) is 18.8. The van der Waals surface area contributed by atoms with Gasteiger partial charge < -0.3 is 10.6 Å². The van der Waals surface area contributed by atoms with E-state index in [1.54, 1.807) is 0 Å². The number of halogens is 1. The van der Waals surface area contributed by atoms with E-state index >= 15 is 0 Å². The molecule has 172 valence electrons. The van der Waals surface area contributed by atoms with Gasteiger partial charge in [-0.3, -0.25) is 20.5 Å². The summed E-state index contributed by atoms with van der Waals surface area (Å²) in [6.45, 7) is 7.95. The largest absolute Gasteiger partial charge is 0.339 e. The summed E-state index contributed by atoms with van der Waals surface area (Å²) in [4.78, 5) is 17.5. The van der Waals surface area contributed by atoms with Gasteiger partial charge in [-0.2, -0.15) is 0 Å². The van der Waals surface area contributed by atoms with Crippen molar-refractivity contribution in [1.29, 1.82) is 0 Å². The Morgan fingerprint density at radius 3 is 2.60 bits per heavy atom. The van der Waals surface area contributed by atoms with E-state index in [4.69, 9.17) is 0 Å². The van der Waals surface area contributed by atoms with Crippen molar-refractivity contribution in [2.75, 3.05) is 13.1 Å². The van der Waals surface area contributed by atoms with E-state index in [2.05, 4.69) is 52.6 Å². The van der Waals surface area contributed by atoms with Crippen molar-refractivity contribution < 1.29 is 9.18 Å². The highest BCUT2D eigenvalue weighted by Crippen LogP contribution is 2.31. The highest BCUT2D eigenvalue weighted by Gasteiger charge is 2.34. The van der Waals surface area contributed by atoms with Crippen LogP contribution in [0.2, 0.25) is 0 Å². The number of guanidine groups is 1. The summed E-state index contributed by atoms with van der Waals surface area (Å²) in [5.41, 5.74) is 6.69. The van der Waals surface area contributed by atoms with Gasteiger partial charge >= 0.3 is 0 Å².